The van der Waals surface area contributed by atoms with Gasteiger partial charge in [0.2, 0.25) is 0 Å². The van der Waals surface area contributed by atoms with Crippen molar-refractivity contribution in [2.75, 3.05) is 0 Å². The lowest BCUT2D eigenvalue weighted by Gasteiger charge is -2.32. The van der Waals surface area contributed by atoms with Gasteiger partial charge in [0.15, 0.2) is 0 Å². The van der Waals surface area contributed by atoms with E-state index in [0.29, 0.717) is 0 Å². The molecule has 18 heavy (non-hydrogen) atoms. The van der Waals surface area contributed by atoms with Gasteiger partial charge in [-0.25, -0.2) is 0 Å². The van der Waals surface area contributed by atoms with Crippen molar-refractivity contribution in [3.63, 3.8) is 0 Å². The van der Waals surface area contributed by atoms with Gasteiger partial charge in [-0.1, -0.05) is 91.0 Å². The van der Waals surface area contributed by atoms with Crippen molar-refractivity contribution in [1.82, 2.24) is 4.65 Å². The predicted octanol–water partition coefficient (Wildman–Crippen LogP) is 5.76. The molecule has 1 nitrogen and oxygen atoms in total. The lowest BCUT2D eigenvalue weighted by atomic mass is 10.1. The molecule has 0 spiro atoms. The van der Waals surface area contributed by atoms with Crippen LogP contribution >= 0.6 is 0 Å². The zero-order chi connectivity index (χ0) is 14.1. The van der Waals surface area contributed by atoms with E-state index in [1.807, 2.05) is 0 Å². The van der Waals surface area contributed by atoms with Crippen LogP contribution in [-0.2, 0) is 0 Å². The van der Waals surface area contributed by atoms with Gasteiger partial charge in [-0.05, 0) is 6.04 Å². The topological polar surface area (TPSA) is 12.0 Å². The first-order chi connectivity index (χ1) is 8.27. The maximum atomic E-state index is 3.99. The van der Waals surface area contributed by atoms with Gasteiger partial charge in [0.1, 0.15) is 16.5 Å². The summed E-state index contributed by atoms with van der Waals surface area (Å²) in [5, 5.41) is 0. The van der Waals surface area contributed by atoms with Crippen molar-refractivity contribution < 1.29 is 0 Å². The first kappa shape index (κ1) is 18.4. The molecule has 0 atom stereocenters. The van der Waals surface area contributed by atoms with E-state index in [2.05, 4.69) is 44.3 Å². The molecule has 110 valence electrons. The zero-order valence-electron chi connectivity index (χ0n) is 13.9. The third-order valence-electron chi connectivity index (χ3n) is 3.37. The standard InChI is InChI=1S/C15H37NSi2/c1-7-8-9-10-11-12-13-14-15-18(5,6)16-17(2,3)4/h16H,7-15H2,1-6H3. The van der Waals surface area contributed by atoms with Crippen LogP contribution in [0.5, 0.6) is 0 Å². The summed E-state index contributed by atoms with van der Waals surface area (Å²) >= 11 is 0. The molecule has 0 aliphatic heterocycles. The molecule has 0 aromatic carbocycles. The third kappa shape index (κ3) is 12.8. The molecular weight excluding hydrogens is 250 g/mol. The highest BCUT2D eigenvalue weighted by Crippen LogP contribution is 2.16. The Morgan fingerprint density at radius 2 is 1.11 bits per heavy atom. The first-order valence-corrected chi connectivity index (χ1v) is 14.8. The van der Waals surface area contributed by atoms with Crippen LogP contribution in [0.15, 0.2) is 0 Å². The summed E-state index contributed by atoms with van der Waals surface area (Å²) in [5.74, 6) is 0. The molecule has 1 N–H and O–H groups in total. The highest BCUT2D eigenvalue weighted by Gasteiger charge is 2.26. The minimum absolute atomic E-state index is 1.07. The molecule has 0 saturated carbocycles. The predicted molar refractivity (Wildman–Crippen MR) is 91.4 cm³/mol. The average molecular weight is 288 g/mol. The summed E-state index contributed by atoms with van der Waals surface area (Å²) in [4.78, 5) is 0. The average Bonchev–Trinajstić information content (AvgIpc) is 2.18. The second-order valence-electron chi connectivity index (χ2n) is 7.48. The van der Waals surface area contributed by atoms with Crippen molar-refractivity contribution in [3.05, 3.63) is 0 Å². The van der Waals surface area contributed by atoms with Gasteiger partial charge in [0.05, 0.1) is 0 Å². The van der Waals surface area contributed by atoms with Gasteiger partial charge in [-0.15, -0.1) is 0 Å². The molecule has 0 saturated heterocycles. The Morgan fingerprint density at radius 3 is 1.56 bits per heavy atom. The summed E-state index contributed by atoms with van der Waals surface area (Å²) in [6.07, 6.45) is 11.5. The SMILES string of the molecule is CCCCCCCCCC[Si](C)(C)N[Si](C)(C)C. The largest absolute Gasteiger partial charge is 0.360 e. The maximum Gasteiger partial charge on any atom is 0.112 e. The van der Waals surface area contributed by atoms with E-state index in [0.717, 1.165) is 0 Å². The normalized spacial score (nSPS) is 13.0. The highest BCUT2D eigenvalue weighted by molar-refractivity contribution is 6.90. The second-order valence-corrected chi connectivity index (χ2v) is 17.3. The van der Waals surface area contributed by atoms with E-state index in [4.69, 9.17) is 0 Å². The molecule has 0 aliphatic carbocycles. The Kier molecular flexibility index (Phi) is 9.53. The molecule has 0 bridgehead atoms. The van der Waals surface area contributed by atoms with Crippen molar-refractivity contribution in [1.29, 1.82) is 0 Å². The number of unbranched alkanes of at least 4 members (excludes halogenated alkanes) is 7. The molecular formula is C15H37NSi2. The van der Waals surface area contributed by atoms with Gasteiger partial charge in [0.25, 0.3) is 0 Å². The fourth-order valence-corrected chi connectivity index (χ4v) is 12.5. The summed E-state index contributed by atoms with van der Waals surface area (Å²) in [7, 11) is -2.18. The second kappa shape index (κ2) is 9.32. The van der Waals surface area contributed by atoms with E-state index >= 15 is 0 Å². The van der Waals surface area contributed by atoms with E-state index in [-0.39, 0.29) is 0 Å². The third-order valence-corrected chi connectivity index (χ3v) is 10.7. The molecule has 0 fully saturated rings. The van der Waals surface area contributed by atoms with Crippen LogP contribution in [0, 0.1) is 0 Å². The Labute approximate surface area is 118 Å². The van der Waals surface area contributed by atoms with Crippen molar-refractivity contribution in [2.24, 2.45) is 0 Å². The van der Waals surface area contributed by atoms with Crippen LogP contribution in [0.3, 0.4) is 0 Å². The van der Waals surface area contributed by atoms with Crippen LogP contribution in [0.1, 0.15) is 58.3 Å². The molecule has 0 radical (unpaired) electrons. The molecule has 0 amide bonds. The van der Waals surface area contributed by atoms with Gasteiger partial charge in [0, 0.05) is 0 Å². The lowest BCUT2D eigenvalue weighted by molar-refractivity contribution is 0.583. The van der Waals surface area contributed by atoms with Crippen LogP contribution in [0.25, 0.3) is 0 Å². The van der Waals surface area contributed by atoms with Crippen molar-refractivity contribution >= 4 is 16.5 Å². The minimum Gasteiger partial charge on any atom is -0.360 e. The van der Waals surface area contributed by atoms with Crippen molar-refractivity contribution in [2.45, 2.75) is 97.1 Å². The summed E-state index contributed by atoms with van der Waals surface area (Å²) in [5.41, 5.74) is 0. The van der Waals surface area contributed by atoms with Gasteiger partial charge in [-0.3, -0.25) is 0 Å². The Bertz CT molecular complexity index is 197. The van der Waals surface area contributed by atoms with Crippen LogP contribution in [0.2, 0.25) is 38.8 Å². The van der Waals surface area contributed by atoms with E-state index in [1.54, 1.807) is 0 Å². The highest BCUT2D eigenvalue weighted by atomic mass is 28.4. The fraction of sp³-hybridized carbons (Fsp3) is 1.00. The monoisotopic (exact) mass is 287 g/mol. The fourth-order valence-electron chi connectivity index (χ4n) is 2.78. The Hall–Kier alpha value is 0.394. The molecule has 0 aromatic heterocycles. The zero-order valence-corrected chi connectivity index (χ0v) is 15.9. The number of rotatable bonds is 11. The molecule has 3 heteroatoms. The molecule has 0 aromatic rings. The Balaban J connectivity index is 3.47. The quantitative estimate of drug-likeness (QED) is 0.376. The van der Waals surface area contributed by atoms with E-state index in [1.165, 1.54) is 57.4 Å². The van der Waals surface area contributed by atoms with Gasteiger partial charge < -0.3 is 4.65 Å². The summed E-state index contributed by atoms with van der Waals surface area (Å²) < 4.78 is 3.99. The Morgan fingerprint density at radius 1 is 0.667 bits per heavy atom. The summed E-state index contributed by atoms with van der Waals surface area (Å²) in [6.45, 7) is 14.6. The van der Waals surface area contributed by atoms with Gasteiger partial charge in [-0.2, -0.15) is 0 Å². The van der Waals surface area contributed by atoms with E-state index < -0.39 is 16.5 Å². The van der Waals surface area contributed by atoms with Crippen LogP contribution < -0.4 is 4.65 Å². The van der Waals surface area contributed by atoms with Crippen molar-refractivity contribution in [3.8, 4) is 0 Å². The van der Waals surface area contributed by atoms with Crippen LogP contribution in [0.4, 0.5) is 0 Å². The first-order valence-electron chi connectivity index (χ1n) is 8.06. The summed E-state index contributed by atoms with van der Waals surface area (Å²) in [6, 6.07) is 1.46. The minimum atomic E-state index is -1.11. The molecule has 0 unspecified atom stereocenters. The number of hydrogen-bond acceptors (Lipinski definition) is 1. The number of hydrogen-bond donors (Lipinski definition) is 1. The van der Waals surface area contributed by atoms with E-state index in [9.17, 15) is 0 Å². The lowest BCUT2D eigenvalue weighted by Crippen LogP contribution is -2.57. The smallest absolute Gasteiger partial charge is 0.112 e. The van der Waals surface area contributed by atoms with Crippen LogP contribution in [-0.4, -0.2) is 16.5 Å². The number of nitrogens with one attached hydrogen (secondary N) is 1. The molecule has 0 rings (SSSR count). The molecule has 0 aliphatic rings. The maximum absolute atomic E-state index is 3.99. The van der Waals surface area contributed by atoms with Gasteiger partial charge >= 0.3 is 0 Å². The molecule has 0 heterocycles.